The van der Waals surface area contributed by atoms with E-state index in [1.54, 1.807) is 31.4 Å². The molecule has 0 aromatic heterocycles. The van der Waals surface area contributed by atoms with Gasteiger partial charge in [-0.15, -0.1) is 0 Å². The Morgan fingerprint density at radius 2 is 1.88 bits per heavy atom. The molecule has 0 saturated heterocycles. The van der Waals surface area contributed by atoms with Crippen LogP contribution in [-0.2, 0) is 11.3 Å². The van der Waals surface area contributed by atoms with E-state index in [9.17, 15) is 4.79 Å². The normalized spacial score (nSPS) is 13.3. The van der Waals surface area contributed by atoms with E-state index in [1.807, 2.05) is 12.1 Å². The van der Waals surface area contributed by atoms with E-state index in [2.05, 4.69) is 28.4 Å². The molecule has 0 spiro atoms. The van der Waals surface area contributed by atoms with Crippen molar-refractivity contribution in [1.82, 2.24) is 4.90 Å². The summed E-state index contributed by atoms with van der Waals surface area (Å²) < 4.78 is 5.20. The number of nitrogens with one attached hydrogen (secondary N) is 1. The number of amides is 1. The molecule has 1 fully saturated rings. The van der Waals surface area contributed by atoms with Crippen LogP contribution in [0.25, 0.3) is 0 Å². The van der Waals surface area contributed by atoms with Gasteiger partial charge in [-0.1, -0.05) is 12.1 Å². The van der Waals surface area contributed by atoms with Gasteiger partial charge in [-0.05, 0) is 54.8 Å². The summed E-state index contributed by atoms with van der Waals surface area (Å²) in [5.41, 5.74) is 2.54. The quantitative estimate of drug-likeness (QED) is 0.791. The monoisotopic (exact) mass is 349 g/mol. The standard InChI is InChI=1S/C21H23N3O2/c1-26-20-10-4-17(5-11-20)15-24(19-8-9-19)13-12-21(25)23-18-6-2-16(14-22)3-7-18/h2-7,10-11,19H,8-9,12-13,15H2,1H3,(H,23,25). The van der Waals surface area contributed by atoms with Crippen LogP contribution in [0, 0.1) is 11.3 Å². The topological polar surface area (TPSA) is 65.4 Å². The molecule has 2 aromatic carbocycles. The van der Waals surface area contributed by atoms with Crippen LogP contribution in [0.3, 0.4) is 0 Å². The lowest BCUT2D eigenvalue weighted by molar-refractivity contribution is -0.116. The molecule has 0 unspecified atom stereocenters. The maximum atomic E-state index is 12.2. The van der Waals surface area contributed by atoms with Gasteiger partial charge in [0, 0.05) is 31.2 Å². The van der Waals surface area contributed by atoms with Crippen LogP contribution in [0.15, 0.2) is 48.5 Å². The average Bonchev–Trinajstić information content (AvgIpc) is 3.51. The Labute approximate surface area is 154 Å². The number of rotatable bonds is 8. The molecule has 0 bridgehead atoms. The van der Waals surface area contributed by atoms with E-state index in [0.29, 0.717) is 18.0 Å². The van der Waals surface area contributed by atoms with E-state index in [4.69, 9.17) is 10.00 Å². The molecule has 1 aliphatic rings. The zero-order valence-electron chi connectivity index (χ0n) is 14.9. The molecule has 0 atom stereocenters. The first-order valence-corrected chi connectivity index (χ1v) is 8.85. The molecule has 1 aliphatic carbocycles. The van der Waals surface area contributed by atoms with E-state index >= 15 is 0 Å². The fourth-order valence-corrected chi connectivity index (χ4v) is 2.89. The molecule has 0 aliphatic heterocycles. The Balaban J connectivity index is 1.51. The zero-order valence-corrected chi connectivity index (χ0v) is 14.9. The summed E-state index contributed by atoms with van der Waals surface area (Å²) in [5, 5.41) is 11.7. The van der Waals surface area contributed by atoms with Crippen LogP contribution in [0.1, 0.15) is 30.4 Å². The minimum atomic E-state index is -0.00455. The third kappa shape index (κ3) is 5.08. The first-order valence-electron chi connectivity index (χ1n) is 8.85. The molecule has 0 radical (unpaired) electrons. The summed E-state index contributed by atoms with van der Waals surface area (Å²) in [7, 11) is 1.66. The fraction of sp³-hybridized carbons (Fsp3) is 0.333. The SMILES string of the molecule is COc1ccc(CN(CCC(=O)Nc2ccc(C#N)cc2)C2CC2)cc1. The summed E-state index contributed by atoms with van der Waals surface area (Å²) in [6.07, 6.45) is 2.85. The van der Waals surface area contributed by atoms with Gasteiger partial charge >= 0.3 is 0 Å². The van der Waals surface area contributed by atoms with Gasteiger partial charge in [0.25, 0.3) is 0 Å². The van der Waals surface area contributed by atoms with Crippen molar-refractivity contribution < 1.29 is 9.53 Å². The van der Waals surface area contributed by atoms with Crippen molar-refractivity contribution in [2.75, 3.05) is 19.0 Å². The number of methoxy groups -OCH3 is 1. The first kappa shape index (κ1) is 18.0. The van der Waals surface area contributed by atoms with Crippen LogP contribution in [0.2, 0.25) is 0 Å². The first-order chi connectivity index (χ1) is 12.7. The van der Waals surface area contributed by atoms with Gasteiger partial charge in [0.1, 0.15) is 5.75 Å². The molecule has 5 nitrogen and oxygen atoms in total. The smallest absolute Gasteiger partial charge is 0.225 e. The van der Waals surface area contributed by atoms with Gasteiger partial charge < -0.3 is 10.1 Å². The van der Waals surface area contributed by atoms with Gasteiger partial charge in [0.2, 0.25) is 5.91 Å². The van der Waals surface area contributed by atoms with Crippen molar-refractivity contribution in [3.63, 3.8) is 0 Å². The van der Waals surface area contributed by atoms with Crippen molar-refractivity contribution in [3.05, 3.63) is 59.7 Å². The van der Waals surface area contributed by atoms with Crippen molar-refractivity contribution in [3.8, 4) is 11.8 Å². The van der Waals surface area contributed by atoms with Gasteiger partial charge in [-0.2, -0.15) is 5.26 Å². The van der Waals surface area contributed by atoms with E-state index in [0.717, 1.165) is 24.5 Å². The second-order valence-electron chi connectivity index (χ2n) is 6.54. The third-order valence-corrected chi connectivity index (χ3v) is 4.53. The van der Waals surface area contributed by atoms with Crippen LogP contribution in [0.5, 0.6) is 5.75 Å². The van der Waals surface area contributed by atoms with Crippen LogP contribution >= 0.6 is 0 Å². The van der Waals surface area contributed by atoms with Crippen LogP contribution < -0.4 is 10.1 Å². The highest BCUT2D eigenvalue weighted by molar-refractivity contribution is 5.90. The number of anilines is 1. The van der Waals surface area contributed by atoms with E-state index in [-0.39, 0.29) is 5.91 Å². The molecule has 26 heavy (non-hydrogen) atoms. The highest BCUT2D eigenvalue weighted by Crippen LogP contribution is 2.28. The van der Waals surface area contributed by atoms with Crippen molar-refractivity contribution >= 4 is 11.6 Å². The summed E-state index contributed by atoms with van der Waals surface area (Å²) in [6, 6.07) is 17.7. The Kier molecular flexibility index (Phi) is 5.88. The van der Waals surface area contributed by atoms with Gasteiger partial charge in [-0.25, -0.2) is 0 Å². The number of carbonyl (C=O) groups excluding carboxylic acids is 1. The number of hydrogen-bond acceptors (Lipinski definition) is 4. The fourth-order valence-electron chi connectivity index (χ4n) is 2.89. The number of ether oxygens (including phenoxy) is 1. The molecule has 0 heterocycles. The third-order valence-electron chi connectivity index (χ3n) is 4.53. The van der Waals surface area contributed by atoms with Gasteiger partial charge in [-0.3, -0.25) is 9.69 Å². The van der Waals surface area contributed by atoms with Crippen molar-refractivity contribution in [2.24, 2.45) is 0 Å². The summed E-state index contributed by atoms with van der Waals surface area (Å²) in [6.45, 7) is 1.58. The molecule has 1 amide bonds. The van der Waals surface area contributed by atoms with Gasteiger partial charge in [0.05, 0.1) is 18.7 Å². The lowest BCUT2D eigenvalue weighted by Gasteiger charge is -2.22. The highest BCUT2D eigenvalue weighted by atomic mass is 16.5. The van der Waals surface area contributed by atoms with E-state index in [1.165, 1.54) is 18.4 Å². The van der Waals surface area contributed by atoms with Crippen molar-refractivity contribution in [2.45, 2.75) is 31.8 Å². The molecular formula is C21H23N3O2. The van der Waals surface area contributed by atoms with Gasteiger partial charge in [0.15, 0.2) is 0 Å². The summed E-state index contributed by atoms with van der Waals surface area (Å²) in [5.74, 6) is 0.851. The maximum absolute atomic E-state index is 12.2. The number of carbonyl (C=O) groups is 1. The lowest BCUT2D eigenvalue weighted by Crippen LogP contribution is -2.29. The Hall–Kier alpha value is -2.84. The number of benzene rings is 2. The Bertz CT molecular complexity index is 774. The largest absolute Gasteiger partial charge is 0.497 e. The molecule has 3 rings (SSSR count). The van der Waals surface area contributed by atoms with E-state index < -0.39 is 0 Å². The minimum Gasteiger partial charge on any atom is -0.497 e. The Morgan fingerprint density at radius 3 is 2.46 bits per heavy atom. The molecule has 2 aromatic rings. The molecule has 1 N–H and O–H groups in total. The van der Waals surface area contributed by atoms with Crippen LogP contribution in [-0.4, -0.2) is 30.5 Å². The molecule has 134 valence electrons. The van der Waals surface area contributed by atoms with Crippen molar-refractivity contribution in [1.29, 1.82) is 5.26 Å². The minimum absolute atomic E-state index is 0.00455. The second-order valence-corrected chi connectivity index (χ2v) is 6.54. The lowest BCUT2D eigenvalue weighted by atomic mass is 10.2. The maximum Gasteiger partial charge on any atom is 0.225 e. The number of nitriles is 1. The molecule has 1 saturated carbocycles. The number of nitrogens with zero attached hydrogens (tertiary/aromatic N) is 2. The molecular weight excluding hydrogens is 326 g/mol. The summed E-state index contributed by atoms with van der Waals surface area (Å²) in [4.78, 5) is 14.6. The second kappa shape index (κ2) is 8.50. The Morgan fingerprint density at radius 1 is 1.19 bits per heavy atom. The number of hydrogen-bond donors (Lipinski definition) is 1. The highest BCUT2D eigenvalue weighted by Gasteiger charge is 2.29. The molecule has 5 heteroatoms. The predicted octanol–water partition coefficient (Wildman–Crippen LogP) is 3.56. The summed E-state index contributed by atoms with van der Waals surface area (Å²) >= 11 is 0. The van der Waals surface area contributed by atoms with Crippen LogP contribution in [0.4, 0.5) is 5.69 Å². The predicted molar refractivity (Wildman–Crippen MR) is 101 cm³/mol. The zero-order chi connectivity index (χ0) is 18.4. The average molecular weight is 349 g/mol.